The molecule has 8 nitrogen and oxygen atoms in total. The SMILES string of the molecule is COC(=O)c1ccc(CNC(=O)NCCn2c(=O)oc3ccccc32)cc1. The third-order valence-electron chi connectivity index (χ3n) is 4.02. The Morgan fingerprint density at radius 3 is 2.56 bits per heavy atom. The molecule has 8 heteroatoms. The van der Waals surface area contributed by atoms with Crippen LogP contribution in [0.4, 0.5) is 4.79 Å². The number of amides is 2. The highest BCUT2D eigenvalue weighted by Crippen LogP contribution is 2.11. The molecule has 0 saturated heterocycles. The molecule has 2 N–H and O–H groups in total. The van der Waals surface area contributed by atoms with E-state index in [1.165, 1.54) is 11.7 Å². The molecule has 3 rings (SSSR count). The van der Waals surface area contributed by atoms with Gasteiger partial charge in [-0.15, -0.1) is 0 Å². The molecule has 0 unspecified atom stereocenters. The number of esters is 1. The van der Waals surface area contributed by atoms with Crippen molar-refractivity contribution in [3.05, 3.63) is 70.2 Å². The van der Waals surface area contributed by atoms with Gasteiger partial charge in [0.2, 0.25) is 0 Å². The molecule has 140 valence electrons. The zero-order valence-corrected chi connectivity index (χ0v) is 14.7. The van der Waals surface area contributed by atoms with Gasteiger partial charge < -0.3 is 19.8 Å². The topological polar surface area (TPSA) is 103 Å². The number of nitrogens with one attached hydrogen (secondary N) is 2. The number of rotatable bonds is 6. The number of benzene rings is 2. The van der Waals surface area contributed by atoms with Crippen LogP contribution in [0.3, 0.4) is 0 Å². The lowest BCUT2D eigenvalue weighted by Gasteiger charge is -2.08. The van der Waals surface area contributed by atoms with Crippen molar-refractivity contribution in [2.24, 2.45) is 0 Å². The second-order valence-corrected chi connectivity index (χ2v) is 5.79. The Kier molecular flexibility index (Phi) is 5.55. The normalized spacial score (nSPS) is 10.6. The number of urea groups is 1. The number of nitrogens with zero attached hydrogens (tertiary/aromatic N) is 1. The van der Waals surface area contributed by atoms with Crippen molar-refractivity contribution in [2.45, 2.75) is 13.1 Å². The molecular formula is C19H19N3O5. The second-order valence-electron chi connectivity index (χ2n) is 5.79. The van der Waals surface area contributed by atoms with Gasteiger partial charge in [0.25, 0.3) is 0 Å². The predicted molar refractivity (Wildman–Crippen MR) is 98.5 cm³/mol. The molecule has 0 atom stereocenters. The number of aromatic nitrogens is 1. The third kappa shape index (κ3) is 4.35. The van der Waals surface area contributed by atoms with Crippen molar-refractivity contribution in [1.29, 1.82) is 0 Å². The maximum Gasteiger partial charge on any atom is 0.420 e. The van der Waals surface area contributed by atoms with Gasteiger partial charge >= 0.3 is 17.8 Å². The van der Waals surface area contributed by atoms with Crippen LogP contribution in [0.1, 0.15) is 15.9 Å². The smallest absolute Gasteiger partial charge is 0.420 e. The summed E-state index contributed by atoms with van der Waals surface area (Å²) in [6.07, 6.45) is 0. The minimum absolute atomic E-state index is 0.274. The molecule has 1 heterocycles. The largest absolute Gasteiger partial charge is 0.465 e. The van der Waals surface area contributed by atoms with Crippen LogP contribution >= 0.6 is 0 Å². The van der Waals surface area contributed by atoms with Gasteiger partial charge in [-0.3, -0.25) is 4.57 Å². The van der Waals surface area contributed by atoms with E-state index in [9.17, 15) is 14.4 Å². The predicted octanol–water partition coefficient (Wildman–Crippen LogP) is 1.88. The molecule has 0 bridgehead atoms. The summed E-state index contributed by atoms with van der Waals surface area (Å²) in [7, 11) is 1.32. The molecule has 27 heavy (non-hydrogen) atoms. The summed E-state index contributed by atoms with van der Waals surface area (Å²) in [5.41, 5.74) is 2.50. The summed E-state index contributed by atoms with van der Waals surface area (Å²) in [5.74, 6) is -0.863. The Balaban J connectivity index is 1.48. The van der Waals surface area contributed by atoms with Crippen LogP contribution in [0.5, 0.6) is 0 Å². The van der Waals surface area contributed by atoms with Gasteiger partial charge in [0.15, 0.2) is 5.58 Å². The zero-order valence-electron chi connectivity index (χ0n) is 14.7. The van der Waals surface area contributed by atoms with E-state index in [4.69, 9.17) is 4.42 Å². The van der Waals surface area contributed by atoms with E-state index < -0.39 is 11.7 Å². The molecule has 0 fully saturated rings. The molecule has 2 amide bonds. The minimum atomic E-state index is -0.455. The average Bonchev–Trinajstić information content (AvgIpc) is 3.01. The van der Waals surface area contributed by atoms with Crippen LogP contribution in [0, 0.1) is 0 Å². The Bertz CT molecular complexity index is 1000. The van der Waals surface area contributed by atoms with E-state index in [1.54, 1.807) is 42.5 Å². The van der Waals surface area contributed by atoms with Gasteiger partial charge in [0, 0.05) is 19.6 Å². The maximum atomic E-state index is 11.9. The second kappa shape index (κ2) is 8.22. The standard InChI is InChI=1S/C19H19N3O5/c1-26-17(23)14-8-6-13(7-9-14)12-21-18(24)20-10-11-22-15-4-2-3-5-16(15)27-19(22)25/h2-9H,10-12H2,1H3,(H2,20,21,24). The summed E-state index contributed by atoms with van der Waals surface area (Å²) in [4.78, 5) is 35.1. The summed E-state index contributed by atoms with van der Waals surface area (Å²) in [6.45, 7) is 0.884. The van der Waals surface area contributed by atoms with E-state index in [1.807, 2.05) is 6.07 Å². The third-order valence-corrected chi connectivity index (χ3v) is 4.02. The molecule has 3 aromatic rings. The van der Waals surface area contributed by atoms with Gasteiger partial charge in [0.1, 0.15) is 0 Å². The highest BCUT2D eigenvalue weighted by Gasteiger charge is 2.09. The van der Waals surface area contributed by atoms with Crippen LogP contribution in [0.25, 0.3) is 11.1 Å². The van der Waals surface area contributed by atoms with Crippen molar-refractivity contribution in [2.75, 3.05) is 13.7 Å². The molecule has 2 aromatic carbocycles. The summed E-state index contributed by atoms with van der Waals surface area (Å²) < 4.78 is 11.3. The van der Waals surface area contributed by atoms with Crippen molar-refractivity contribution in [3.8, 4) is 0 Å². The van der Waals surface area contributed by atoms with Gasteiger partial charge in [-0.25, -0.2) is 14.4 Å². The number of methoxy groups -OCH3 is 1. The van der Waals surface area contributed by atoms with Gasteiger partial charge in [-0.1, -0.05) is 24.3 Å². The van der Waals surface area contributed by atoms with Crippen LogP contribution in [-0.4, -0.2) is 30.2 Å². The van der Waals surface area contributed by atoms with E-state index in [0.717, 1.165) is 5.56 Å². The lowest BCUT2D eigenvalue weighted by molar-refractivity contribution is 0.0600. The maximum absolute atomic E-state index is 11.9. The molecule has 0 spiro atoms. The van der Waals surface area contributed by atoms with Gasteiger partial charge in [-0.05, 0) is 29.8 Å². The Morgan fingerprint density at radius 2 is 1.81 bits per heavy atom. The molecule has 0 aliphatic rings. The number of fused-ring (bicyclic) bond motifs is 1. The highest BCUT2D eigenvalue weighted by atomic mass is 16.5. The van der Waals surface area contributed by atoms with E-state index in [0.29, 0.717) is 29.8 Å². The van der Waals surface area contributed by atoms with Crippen molar-refractivity contribution in [1.82, 2.24) is 15.2 Å². The Morgan fingerprint density at radius 1 is 1.07 bits per heavy atom. The van der Waals surface area contributed by atoms with Gasteiger partial charge in [-0.2, -0.15) is 0 Å². The number of hydrogen-bond acceptors (Lipinski definition) is 5. The van der Waals surface area contributed by atoms with Crippen LogP contribution < -0.4 is 16.4 Å². The van der Waals surface area contributed by atoms with Crippen LogP contribution in [0.15, 0.2) is 57.7 Å². The first-order valence-corrected chi connectivity index (χ1v) is 8.36. The molecule has 1 aromatic heterocycles. The molecule has 0 aliphatic carbocycles. The Hall–Kier alpha value is -3.55. The number of oxazole rings is 1. The monoisotopic (exact) mass is 369 g/mol. The fourth-order valence-electron chi connectivity index (χ4n) is 2.63. The lowest BCUT2D eigenvalue weighted by atomic mass is 10.1. The summed E-state index contributed by atoms with van der Waals surface area (Å²) >= 11 is 0. The zero-order chi connectivity index (χ0) is 19.2. The van der Waals surface area contributed by atoms with E-state index in [2.05, 4.69) is 15.4 Å². The molecule has 0 radical (unpaired) electrons. The van der Waals surface area contributed by atoms with Crippen molar-refractivity contribution >= 4 is 23.1 Å². The van der Waals surface area contributed by atoms with Gasteiger partial charge in [0.05, 0.1) is 18.2 Å². The average molecular weight is 369 g/mol. The first-order chi connectivity index (χ1) is 13.1. The number of ether oxygens (including phenoxy) is 1. The number of hydrogen-bond donors (Lipinski definition) is 2. The van der Waals surface area contributed by atoms with Crippen molar-refractivity contribution in [3.63, 3.8) is 0 Å². The fourth-order valence-corrected chi connectivity index (χ4v) is 2.63. The molecule has 0 aliphatic heterocycles. The number of carbonyl (C=O) groups is 2. The first-order valence-electron chi connectivity index (χ1n) is 8.36. The fraction of sp³-hybridized carbons (Fsp3) is 0.211. The van der Waals surface area contributed by atoms with Crippen molar-refractivity contribution < 1.29 is 18.7 Å². The van der Waals surface area contributed by atoms with Crippen LogP contribution in [0.2, 0.25) is 0 Å². The van der Waals surface area contributed by atoms with E-state index in [-0.39, 0.29) is 12.6 Å². The molecule has 0 saturated carbocycles. The molecular weight excluding hydrogens is 350 g/mol. The summed E-state index contributed by atoms with van der Waals surface area (Å²) in [6, 6.07) is 13.5. The Labute approximate surface area is 154 Å². The quantitative estimate of drug-likeness (QED) is 0.646. The number of para-hydroxylation sites is 2. The van der Waals surface area contributed by atoms with E-state index >= 15 is 0 Å². The highest BCUT2D eigenvalue weighted by molar-refractivity contribution is 5.89. The lowest BCUT2D eigenvalue weighted by Crippen LogP contribution is -2.37. The number of carbonyl (C=O) groups excluding carboxylic acids is 2. The van der Waals surface area contributed by atoms with Crippen LogP contribution in [-0.2, 0) is 17.8 Å². The summed E-state index contributed by atoms with van der Waals surface area (Å²) in [5, 5.41) is 5.41. The first kappa shape index (κ1) is 18.2. The minimum Gasteiger partial charge on any atom is -0.465 e.